The number of nitrogens with two attached hydrogens (primary N) is 1. The van der Waals surface area contributed by atoms with Crippen molar-refractivity contribution in [2.45, 2.75) is 47.0 Å². The third-order valence-corrected chi connectivity index (χ3v) is 7.13. The number of aromatic nitrogens is 3. The molecule has 0 saturated heterocycles. The number of hydrogen-bond acceptors (Lipinski definition) is 7. The number of nitrogen functional groups attached to an aromatic ring is 1. The highest BCUT2D eigenvalue weighted by Crippen LogP contribution is 2.40. The molecule has 1 atom stereocenters. The Hall–Kier alpha value is -2.06. The van der Waals surface area contributed by atoms with Gasteiger partial charge in [0.15, 0.2) is 0 Å². The molecule has 0 aromatic carbocycles. The van der Waals surface area contributed by atoms with Crippen LogP contribution in [0.25, 0.3) is 10.2 Å². The Balaban J connectivity index is 1.67. The molecular formula is C19H23N5OS2. The molecule has 3 aromatic rings. The van der Waals surface area contributed by atoms with Crippen molar-refractivity contribution in [2.75, 3.05) is 11.1 Å². The minimum atomic E-state index is -0.253. The molecule has 1 aliphatic carbocycles. The van der Waals surface area contributed by atoms with Gasteiger partial charge in [0.1, 0.15) is 14.7 Å². The summed E-state index contributed by atoms with van der Waals surface area (Å²) in [5.74, 6) is 0.379. The fourth-order valence-corrected chi connectivity index (χ4v) is 5.18. The number of carbonyl (C=O) groups excluding carboxylic acids is 1. The summed E-state index contributed by atoms with van der Waals surface area (Å²) in [6.07, 6.45) is 3.15. The largest absolute Gasteiger partial charge is 0.397 e. The maximum absolute atomic E-state index is 12.6. The van der Waals surface area contributed by atoms with Gasteiger partial charge in [-0.2, -0.15) is 0 Å². The van der Waals surface area contributed by atoms with Crippen LogP contribution in [0, 0.1) is 18.3 Å². The molecule has 3 aromatic heterocycles. The molecule has 1 unspecified atom stereocenters. The minimum Gasteiger partial charge on any atom is -0.397 e. The highest BCUT2D eigenvalue weighted by molar-refractivity contribution is 7.21. The number of fused-ring (bicyclic) bond motifs is 2. The van der Waals surface area contributed by atoms with Crippen LogP contribution in [0.3, 0.4) is 0 Å². The van der Waals surface area contributed by atoms with Gasteiger partial charge in [0.25, 0.3) is 5.91 Å². The van der Waals surface area contributed by atoms with E-state index in [1.54, 1.807) is 0 Å². The molecule has 4 rings (SSSR count). The summed E-state index contributed by atoms with van der Waals surface area (Å²) < 4.78 is 0. The SMILES string of the molecule is Cc1nnc(NC(=O)c2sc3nc4c(cc3c2N)CC(C(C)(C)C)CC4)s1. The van der Waals surface area contributed by atoms with Crippen LogP contribution in [-0.4, -0.2) is 21.1 Å². The second-order valence-corrected chi connectivity index (χ2v) is 10.4. The Bertz CT molecular complexity index is 1030. The van der Waals surface area contributed by atoms with Gasteiger partial charge >= 0.3 is 0 Å². The van der Waals surface area contributed by atoms with Gasteiger partial charge < -0.3 is 5.73 Å². The fraction of sp³-hybridized carbons (Fsp3) is 0.474. The third kappa shape index (κ3) is 3.43. The van der Waals surface area contributed by atoms with E-state index in [9.17, 15) is 4.79 Å². The molecule has 3 N–H and O–H groups in total. The molecule has 6 nitrogen and oxygen atoms in total. The number of aryl methyl sites for hydroxylation is 2. The fourth-order valence-electron chi connectivity index (χ4n) is 3.60. The first-order valence-electron chi connectivity index (χ1n) is 9.04. The van der Waals surface area contributed by atoms with Gasteiger partial charge in [-0.1, -0.05) is 32.1 Å². The van der Waals surface area contributed by atoms with Crippen LogP contribution in [0.4, 0.5) is 10.8 Å². The average molecular weight is 402 g/mol. The first kappa shape index (κ1) is 18.3. The summed E-state index contributed by atoms with van der Waals surface area (Å²) in [7, 11) is 0. The third-order valence-electron chi connectivity index (χ3n) is 5.26. The standard InChI is InChI=1S/C19H23N5OS2/c1-9-23-24-18(26-9)22-16(25)15-14(20)12-8-10-7-11(19(2,3)4)5-6-13(10)21-17(12)27-15/h8,11H,5-7,20H2,1-4H3,(H,22,24,25). The lowest BCUT2D eigenvalue weighted by molar-refractivity contribution is 0.103. The molecular weight excluding hydrogens is 378 g/mol. The van der Waals surface area contributed by atoms with Crippen molar-refractivity contribution in [1.29, 1.82) is 0 Å². The smallest absolute Gasteiger partial charge is 0.269 e. The quantitative estimate of drug-likeness (QED) is 0.662. The van der Waals surface area contributed by atoms with E-state index in [0.717, 1.165) is 40.2 Å². The lowest BCUT2D eigenvalue weighted by Crippen LogP contribution is -2.27. The molecule has 27 heavy (non-hydrogen) atoms. The Morgan fingerprint density at radius 2 is 2.07 bits per heavy atom. The molecule has 0 spiro atoms. The maximum Gasteiger partial charge on any atom is 0.269 e. The van der Waals surface area contributed by atoms with Crippen LogP contribution in [-0.2, 0) is 12.8 Å². The molecule has 8 heteroatoms. The average Bonchev–Trinajstić information content (AvgIpc) is 3.15. The van der Waals surface area contributed by atoms with Gasteiger partial charge in [0, 0.05) is 11.1 Å². The molecule has 0 aliphatic heterocycles. The number of nitrogens with one attached hydrogen (secondary N) is 1. The van der Waals surface area contributed by atoms with E-state index >= 15 is 0 Å². The van der Waals surface area contributed by atoms with E-state index in [-0.39, 0.29) is 11.3 Å². The van der Waals surface area contributed by atoms with Crippen molar-refractivity contribution < 1.29 is 4.79 Å². The predicted octanol–water partition coefficient (Wildman–Crippen LogP) is 4.44. The Kier molecular flexibility index (Phi) is 4.43. The van der Waals surface area contributed by atoms with E-state index in [0.29, 0.717) is 21.6 Å². The van der Waals surface area contributed by atoms with Gasteiger partial charge in [-0.25, -0.2) is 4.98 Å². The minimum absolute atomic E-state index is 0.253. The number of hydrogen-bond donors (Lipinski definition) is 2. The summed E-state index contributed by atoms with van der Waals surface area (Å²) in [5.41, 5.74) is 9.52. The van der Waals surface area contributed by atoms with Crippen LogP contribution in [0.5, 0.6) is 0 Å². The number of thiophene rings is 1. The molecule has 0 radical (unpaired) electrons. The number of carbonyl (C=O) groups is 1. The van der Waals surface area contributed by atoms with Crippen molar-refractivity contribution in [1.82, 2.24) is 15.2 Å². The first-order valence-corrected chi connectivity index (χ1v) is 10.7. The number of nitrogens with zero attached hydrogens (tertiary/aromatic N) is 3. The second-order valence-electron chi connectivity index (χ2n) is 8.18. The number of anilines is 2. The molecule has 0 saturated carbocycles. The Morgan fingerprint density at radius 3 is 2.74 bits per heavy atom. The van der Waals surface area contributed by atoms with Crippen LogP contribution >= 0.6 is 22.7 Å². The summed E-state index contributed by atoms with van der Waals surface area (Å²) >= 11 is 2.69. The lowest BCUT2D eigenvalue weighted by atomic mass is 9.71. The van der Waals surface area contributed by atoms with Gasteiger partial charge in [0.05, 0.1) is 5.69 Å². The number of amides is 1. The van der Waals surface area contributed by atoms with Crippen molar-refractivity contribution in [3.63, 3.8) is 0 Å². The zero-order chi connectivity index (χ0) is 19.3. The summed E-state index contributed by atoms with van der Waals surface area (Å²) in [5, 5.41) is 12.8. The van der Waals surface area contributed by atoms with Crippen LogP contribution in [0.2, 0.25) is 0 Å². The zero-order valence-electron chi connectivity index (χ0n) is 15.9. The summed E-state index contributed by atoms with van der Waals surface area (Å²) in [4.78, 5) is 18.8. The van der Waals surface area contributed by atoms with Crippen molar-refractivity contribution in [2.24, 2.45) is 11.3 Å². The normalized spacial score (nSPS) is 17.1. The molecule has 1 aliphatic rings. The van der Waals surface area contributed by atoms with Gasteiger partial charge in [-0.3, -0.25) is 10.1 Å². The topological polar surface area (TPSA) is 93.8 Å². The summed E-state index contributed by atoms with van der Waals surface area (Å²) in [6, 6.07) is 2.15. The Labute approximate surface area is 166 Å². The highest BCUT2D eigenvalue weighted by Gasteiger charge is 2.30. The van der Waals surface area contributed by atoms with E-state index in [1.807, 2.05) is 6.92 Å². The van der Waals surface area contributed by atoms with Gasteiger partial charge in [-0.05, 0) is 49.1 Å². The van der Waals surface area contributed by atoms with Gasteiger partial charge in [-0.15, -0.1) is 21.5 Å². The van der Waals surface area contributed by atoms with Crippen LogP contribution in [0.15, 0.2) is 6.07 Å². The van der Waals surface area contributed by atoms with Crippen LogP contribution < -0.4 is 11.1 Å². The Morgan fingerprint density at radius 1 is 1.30 bits per heavy atom. The van der Waals surface area contributed by atoms with E-state index in [1.165, 1.54) is 28.2 Å². The second kappa shape index (κ2) is 6.53. The lowest BCUT2D eigenvalue weighted by Gasteiger charge is -2.34. The van der Waals surface area contributed by atoms with Crippen molar-refractivity contribution in [3.05, 3.63) is 27.2 Å². The molecule has 1 amide bonds. The van der Waals surface area contributed by atoms with E-state index in [2.05, 4.69) is 42.4 Å². The molecule has 3 heterocycles. The van der Waals surface area contributed by atoms with Crippen LogP contribution in [0.1, 0.15) is 53.1 Å². The molecule has 142 valence electrons. The zero-order valence-corrected chi connectivity index (χ0v) is 17.6. The monoisotopic (exact) mass is 401 g/mol. The highest BCUT2D eigenvalue weighted by atomic mass is 32.1. The number of pyridine rings is 1. The maximum atomic E-state index is 12.6. The predicted molar refractivity (Wildman–Crippen MR) is 112 cm³/mol. The van der Waals surface area contributed by atoms with E-state index < -0.39 is 0 Å². The van der Waals surface area contributed by atoms with E-state index in [4.69, 9.17) is 10.7 Å². The van der Waals surface area contributed by atoms with Crippen molar-refractivity contribution >= 4 is 49.6 Å². The van der Waals surface area contributed by atoms with Crippen molar-refractivity contribution in [3.8, 4) is 0 Å². The molecule has 0 bridgehead atoms. The number of rotatable bonds is 2. The van der Waals surface area contributed by atoms with Gasteiger partial charge in [0.2, 0.25) is 5.13 Å². The molecule has 0 fully saturated rings. The summed E-state index contributed by atoms with van der Waals surface area (Å²) in [6.45, 7) is 8.74. The first-order chi connectivity index (χ1) is 12.7.